The Kier molecular flexibility index (Phi) is 2.94. The molecule has 2 aromatic rings. The quantitative estimate of drug-likeness (QED) is 0.909. The minimum Gasteiger partial charge on any atom is -0.314 e. The minimum absolute atomic E-state index is 0.0358. The lowest BCUT2D eigenvalue weighted by atomic mass is 10.1. The van der Waals surface area contributed by atoms with Crippen molar-refractivity contribution < 1.29 is 0 Å². The van der Waals surface area contributed by atoms with E-state index in [4.69, 9.17) is 17.3 Å². The minimum atomic E-state index is 0.0358. The van der Waals surface area contributed by atoms with Crippen LogP contribution in [0.2, 0.25) is 5.15 Å². The van der Waals surface area contributed by atoms with E-state index in [0.717, 1.165) is 37.2 Å². The van der Waals surface area contributed by atoms with E-state index in [0.29, 0.717) is 5.15 Å². The van der Waals surface area contributed by atoms with Crippen molar-refractivity contribution in [2.75, 3.05) is 0 Å². The highest BCUT2D eigenvalue weighted by Gasteiger charge is 2.23. The van der Waals surface area contributed by atoms with Crippen LogP contribution >= 0.6 is 22.9 Å². The molecule has 1 unspecified atom stereocenters. The van der Waals surface area contributed by atoms with Gasteiger partial charge in [-0.1, -0.05) is 17.7 Å². The molecule has 3 rings (SSSR count). The molecule has 2 aromatic heterocycles. The predicted molar refractivity (Wildman–Crippen MR) is 70.5 cm³/mol. The Bertz CT molecular complexity index is 518. The third-order valence-corrected chi connectivity index (χ3v) is 4.37. The highest BCUT2D eigenvalue weighted by atomic mass is 35.5. The van der Waals surface area contributed by atoms with Crippen molar-refractivity contribution in [2.45, 2.75) is 31.8 Å². The maximum Gasteiger partial charge on any atom is 0.150 e. The number of fused-ring (bicyclic) bond motifs is 1. The number of nitrogens with zero attached hydrogens (tertiary/aromatic N) is 2. The highest BCUT2D eigenvalue weighted by molar-refractivity contribution is 7.09. The topological polar surface area (TPSA) is 43.8 Å². The fourth-order valence-corrected chi connectivity index (χ4v) is 3.39. The van der Waals surface area contributed by atoms with Crippen LogP contribution in [0.4, 0.5) is 0 Å². The number of aromatic nitrogens is 2. The molecule has 17 heavy (non-hydrogen) atoms. The molecule has 1 aliphatic rings. The van der Waals surface area contributed by atoms with Crippen molar-refractivity contribution in [2.24, 2.45) is 5.73 Å². The normalized spacial score (nSPS) is 19.3. The van der Waals surface area contributed by atoms with E-state index in [1.807, 2.05) is 0 Å². The van der Waals surface area contributed by atoms with Gasteiger partial charge in [0.1, 0.15) is 5.82 Å². The molecule has 3 heterocycles. The van der Waals surface area contributed by atoms with Gasteiger partial charge in [0.15, 0.2) is 5.15 Å². The molecular formula is C12H14ClN3S. The second kappa shape index (κ2) is 4.44. The SMILES string of the molecule is NC1CCCc2c(Cl)nc(Cc3cccs3)n21. The first-order valence-corrected chi connectivity index (χ1v) is 7.05. The van der Waals surface area contributed by atoms with Crippen molar-refractivity contribution in [1.82, 2.24) is 9.55 Å². The van der Waals surface area contributed by atoms with Crippen LogP contribution in [0.3, 0.4) is 0 Å². The Balaban J connectivity index is 2.00. The lowest BCUT2D eigenvalue weighted by molar-refractivity contribution is 0.404. The van der Waals surface area contributed by atoms with E-state index >= 15 is 0 Å². The second-order valence-corrected chi connectivity index (χ2v) is 5.74. The summed E-state index contributed by atoms with van der Waals surface area (Å²) in [7, 11) is 0. The molecule has 90 valence electrons. The van der Waals surface area contributed by atoms with Gasteiger partial charge in [0.05, 0.1) is 11.9 Å². The first-order valence-electron chi connectivity index (χ1n) is 5.79. The fraction of sp³-hybridized carbons (Fsp3) is 0.417. The molecular weight excluding hydrogens is 254 g/mol. The Labute approximate surface area is 109 Å². The van der Waals surface area contributed by atoms with Gasteiger partial charge in [-0.15, -0.1) is 11.3 Å². The smallest absolute Gasteiger partial charge is 0.150 e. The molecule has 0 spiro atoms. The van der Waals surface area contributed by atoms with Gasteiger partial charge in [0.25, 0.3) is 0 Å². The van der Waals surface area contributed by atoms with Gasteiger partial charge >= 0.3 is 0 Å². The molecule has 0 bridgehead atoms. The molecule has 0 saturated carbocycles. The Hall–Kier alpha value is -0.840. The first kappa shape index (κ1) is 11.3. The third kappa shape index (κ3) is 2.01. The summed E-state index contributed by atoms with van der Waals surface area (Å²) < 4.78 is 2.13. The zero-order valence-electron chi connectivity index (χ0n) is 9.40. The Morgan fingerprint density at radius 3 is 3.24 bits per heavy atom. The van der Waals surface area contributed by atoms with Gasteiger partial charge in [-0.05, 0) is 30.7 Å². The maximum absolute atomic E-state index is 6.18. The summed E-state index contributed by atoms with van der Waals surface area (Å²) in [5.74, 6) is 1.000. The lowest BCUT2D eigenvalue weighted by Crippen LogP contribution is -2.26. The molecule has 0 saturated heterocycles. The summed E-state index contributed by atoms with van der Waals surface area (Å²) in [5, 5.41) is 2.71. The van der Waals surface area contributed by atoms with Crippen molar-refractivity contribution >= 4 is 22.9 Å². The summed E-state index contributed by atoms with van der Waals surface area (Å²) in [5.41, 5.74) is 7.27. The number of imidazole rings is 1. The standard InChI is InChI=1S/C12H14ClN3S/c13-12-9-4-1-5-10(14)16(9)11(15-12)7-8-3-2-6-17-8/h2-3,6,10H,1,4-5,7,14H2. The van der Waals surface area contributed by atoms with Crippen LogP contribution in [0.25, 0.3) is 0 Å². The largest absolute Gasteiger partial charge is 0.314 e. The van der Waals surface area contributed by atoms with Gasteiger partial charge in [-0.2, -0.15) is 0 Å². The van der Waals surface area contributed by atoms with Crippen LogP contribution in [0.1, 0.15) is 35.4 Å². The van der Waals surface area contributed by atoms with Crippen molar-refractivity contribution in [3.8, 4) is 0 Å². The van der Waals surface area contributed by atoms with E-state index in [9.17, 15) is 0 Å². The molecule has 0 aliphatic carbocycles. The van der Waals surface area contributed by atoms with Crippen LogP contribution in [-0.4, -0.2) is 9.55 Å². The van der Waals surface area contributed by atoms with E-state index in [2.05, 4.69) is 27.1 Å². The number of hydrogen-bond donors (Lipinski definition) is 1. The highest BCUT2D eigenvalue weighted by Crippen LogP contribution is 2.30. The molecule has 0 aromatic carbocycles. The average molecular weight is 268 g/mol. The van der Waals surface area contributed by atoms with Crippen molar-refractivity contribution in [3.63, 3.8) is 0 Å². The lowest BCUT2D eigenvalue weighted by Gasteiger charge is -2.23. The van der Waals surface area contributed by atoms with Gasteiger partial charge < -0.3 is 10.3 Å². The van der Waals surface area contributed by atoms with Crippen LogP contribution in [0, 0.1) is 0 Å². The third-order valence-electron chi connectivity index (χ3n) is 3.19. The number of thiophene rings is 1. The van der Waals surface area contributed by atoms with Crippen LogP contribution < -0.4 is 5.73 Å². The van der Waals surface area contributed by atoms with E-state index in [-0.39, 0.29) is 6.17 Å². The summed E-state index contributed by atoms with van der Waals surface area (Å²) in [6, 6.07) is 4.18. The molecule has 0 fully saturated rings. The second-order valence-electron chi connectivity index (χ2n) is 4.35. The van der Waals surface area contributed by atoms with Gasteiger partial charge in [-0.25, -0.2) is 4.98 Å². The van der Waals surface area contributed by atoms with Gasteiger partial charge in [0, 0.05) is 11.3 Å². The zero-order valence-corrected chi connectivity index (χ0v) is 11.0. The zero-order chi connectivity index (χ0) is 11.8. The summed E-state index contributed by atoms with van der Waals surface area (Å²) in [6.07, 6.45) is 3.96. The summed E-state index contributed by atoms with van der Waals surface area (Å²) in [4.78, 5) is 5.77. The Morgan fingerprint density at radius 1 is 1.59 bits per heavy atom. The van der Waals surface area contributed by atoms with E-state index in [1.165, 1.54) is 4.88 Å². The number of rotatable bonds is 2. The molecule has 3 nitrogen and oxygen atoms in total. The predicted octanol–water partition coefficient (Wildman–Crippen LogP) is 2.98. The number of halogens is 1. The molecule has 1 atom stereocenters. The fourth-order valence-electron chi connectivity index (χ4n) is 2.40. The first-order chi connectivity index (χ1) is 8.25. The van der Waals surface area contributed by atoms with E-state index in [1.54, 1.807) is 11.3 Å². The number of nitrogens with two attached hydrogens (primary N) is 1. The average Bonchev–Trinajstić information content (AvgIpc) is 2.90. The monoisotopic (exact) mass is 267 g/mol. The Morgan fingerprint density at radius 2 is 2.47 bits per heavy atom. The maximum atomic E-state index is 6.18. The van der Waals surface area contributed by atoms with Crippen LogP contribution in [0.15, 0.2) is 17.5 Å². The summed E-state index contributed by atoms with van der Waals surface area (Å²) >= 11 is 7.93. The van der Waals surface area contributed by atoms with Crippen molar-refractivity contribution in [1.29, 1.82) is 0 Å². The van der Waals surface area contributed by atoms with Crippen LogP contribution in [0.5, 0.6) is 0 Å². The molecule has 2 N–H and O–H groups in total. The molecule has 0 radical (unpaired) electrons. The molecule has 1 aliphatic heterocycles. The van der Waals surface area contributed by atoms with E-state index < -0.39 is 0 Å². The van der Waals surface area contributed by atoms with Gasteiger partial charge in [-0.3, -0.25) is 0 Å². The van der Waals surface area contributed by atoms with Crippen molar-refractivity contribution in [3.05, 3.63) is 39.1 Å². The number of hydrogen-bond acceptors (Lipinski definition) is 3. The van der Waals surface area contributed by atoms with Crippen LogP contribution in [-0.2, 0) is 12.8 Å². The molecule has 5 heteroatoms. The summed E-state index contributed by atoms with van der Waals surface area (Å²) in [6.45, 7) is 0. The molecule has 0 amide bonds. The van der Waals surface area contributed by atoms with Gasteiger partial charge in [0.2, 0.25) is 0 Å².